The van der Waals surface area contributed by atoms with E-state index in [-0.39, 0.29) is 0 Å². The van der Waals surface area contributed by atoms with E-state index in [4.69, 9.17) is 4.74 Å². The highest BCUT2D eigenvalue weighted by Crippen LogP contribution is 2.53. The maximum atomic E-state index is 5.69. The summed E-state index contributed by atoms with van der Waals surface area (Å²) >= 11 is 0. The molecule has 0 aromatic carbocycles. The lowest BCUT2D eigenvalue weighted by atomic mass is 9.81. The van der Waals surface area contributed by atoms with Crippen LogP contribution in [0, 0.1) is 11.3 Å². The van der Waals surface area contributed by atoms with Gasteiger partial charge in [0.1, 0.15) is 6.23 Å². The summed E-state index contributed by atoms with van der Waals surface area (Å²) in [7, 11) is 0. The zero-order valence-corrected chi connectivity index (χ0v) is 10.6. The third kappa shape index (κ3) is 2.21. The van der Waals surface area contributed by atoms with E-state index < -0.39 is 0 Å². The fraction of sp³-hybridized carbons (Fsp3) is 0.733. The molecule has 2 heteroatoms. The summed E-state index contributed by atoms with van der Waals surface area (Å²) < 4.78 is 5.69. The molecule has 3 atom stereocenters. The molecule has 1 unspecified atom stereocenters. The molecule has 2 fully saturated rings. The molecule has 0 radical (unpaired) electrons. The van der Waals surface area contributed by atoms with Gasteiger partial charge in [0.25, 0.3) is 0 Å². The first-order valence-corrected chi connectivity index (χ1v) is 7.01. The molecule has 0 aromatic rings. The van der Waals surface area contributed by atoms with Crippen LogP contribution in [0.2, 0.25) is 0 Å². The highest BCUT2D eigenvalue weighted by Gasteiger charge is 2.43. The second kappa shape index (κ2) is 4.58. The predicted octanol–water partition coefficient (Wildman–Crippen LogP) is 3.02. The Hall–Kier alpha value is -0.600. The summed E-state index contributed by atoms with van der Waals surface area (Å²) in [6, 6.07) is 0. The molecule has 2 bridgehead atoms. The van der Waals surface area contributed by atoms with Gasteiger partial charge in [-0.25, -0.2) is 0 Å². The fourth-order valence-corrected chi connectivity index (χ4v) is 3.57. The summed E-state index contributed by atoms with van der Waals surface area (Å²) in [6.07, 6.45) is 12.5. The highest BCUT2D eigenvalue weighted by molar-refractivity contribution is 5.32. The van der Waals surface area contributed by atoms with Gasteiger partial charge in [0.15, 0.2) is 0 Å². The minimum Gasteiger partial charge on any atom is -0.363 e. The fourth-order valence-electron chi connectivity index (χ4n) is 3.57. The normalized spacial score (nSPS) is 40.1. The van der Waals surface area contributed by atoms with Gasteiger partial charge in [0, 0.05) is 12.0 Å². The van der Waals surface area contributed by atoms with Crippen molar-refractivity contribution in [1.82, 2.24) is 5.32 Å². The number of nitrogens with one attached hydrogen (secondary N) is 1. The molecule has 2 nitrogen and oxygen atoms in total. The van der Waals surface area contributed by atoms with Crippen LogP contribution in [0.5, 0.6) is 0 Å². The van der Waals surface area contributed by atoms with E-state index >= 15 is 0 Å². The Labute approximate surface area is 104 Å². The first-order chi connectivity index (χ1) is 8.28. The van der Waals surface area contributed by atoms with E-state index in [0.717, 1.165) is 19.1 Å². The lowest BCUT2D eigenvalue weighted by molar-refractivity contribution is -0.00595. The van der Waals surface area contributed by atoms with Crippen LogP contribution in [-0.4, -0.2) is 19.4 Å². The van der Waals surface area contributed by atoms with Gasteiger partial charge in [0.2, 0.25) is 0 Å². The van der Waals surface area contributed by atoms with Gasteiger partial charge in [-0.15, -0.1) is 0 Å². The van der Waals surface area contributed by atoms with Crippen LogP contribution in [0.4, 0.5) is 0 Å². The molecular formula is C15H23NO. The molecule has 0 aromatic heterocycles. The zero-order chi connectivity index (χ0) is 11.7. The lowest BCUT2D eigenvalue weighted by Gasteiger charge is -2.28. The van der Waals surface area contributed by atoms with Crippen molar-refractivity contribution in [3.63, 3.8) is 0 Å². The maximum absolute atomic E-state index is 5.69. The summed E-state index contributed by atoms with van der Waals surface area (Å²) in [5.41, 5.74) is 1.78. The highest BCUT2D eigenvalue weighted by atomic mass is 16.5. The molecule has 3 aliphatic rings. The maximum Gasteiger partial charge on any atom is 0.108 e. The van der Waals surface area contributed by atoms with Gasteiger partial charge in [0.05, 0.1) is 0 Å². The third-order valence-electron chi connectivity index (χ3n) is 4.65. The summed E-state index contributed by atoms with van der Waals surface area (Å²) in [5, 5.41) is 3.55. The average Bonchev–Trinajstić information content (AvgIpc) is 2.87. The lowest BCUT2D eigenvalue weighted by Crippen LogP contribution is -2.36. The molecule has 0 amide bonds. The van der Waals surface area contributed by atoms with Crippen molar-refractivity contribution in [3.8, 4) is 0 Å². The van der Waals surface area contributed by atoms with E-state index in [0.29, 0.717) is 11.6 Å². The van der Waals surface area contributed by atoms with Crippen molar-refractivity contribution < 1.29 is 4.74 Å². The van der Waals surface area contributed by atoms with Gasteiger partial charge in [-0.05, 0) is 51.0 Å². The molecule has 1 heterocycles. The minimum atomic E-state index is 0.302. The van der Waals surface area contributed by atoms with Crippen LogP contribution in [0.3, 0.4) is 0 Å². The molecule has 1 N–H and O–H groups in total. The molecule has 3 rings (SSSR count). The number of hydrogen-bond acceptors (Lipinski definition) is 2. The first kappa shape index (κ1) is 11.5. The quantitative estimate of drug-likeness (QED) is 0.754. The van der Waals surface area contributed by atoms with Crippen LogP contribution in [0.15, 0.2) is 24.3 Å². The van der Waals surface area contributed by atoms with Crippen LogP contribution in [0.25, 0.3) is 0 Å². The van der Waals surface area contributed by atoms with Gasteiger partial charge < -0.3 is 4.74 Å². The Morgan fingerprint density at radius 3 is 3.06 bits per heavy atom. The molecule has 1 saturated heterocycles. The average molecular weight is 233 g/mol. The van der Waals surface area contributed by atoms with E-state index in [1.165, 1.54) is 44.1 Å². The standard InChI is InChI=1S/C15H23NO/c1-12-10-13-5-6-15(12,11-13)7-8-16-14-4-2-3-9-17-14/h5-6,13-14,16H,1-4,7-11H2/t13-,14?,15+/m1/s1. The molecule has 17 heavy (non-hydrogen) atoms. The number of ether oxygens (including phenoxy) is 1. The number of fused-ring (bicyclic) bond motifs is 2. The van der Waals surface area contributed by atoms with Crippen molar-refractivity contribution >= 4 is 0 Å². The smallest absolute Gasteiger partial charge is 0.108 e. The van der Waals surface area contributed by atoms with Crippen LogP contribution < -0.4 is 5.32 Å². The molecule has 2 aliphatic carbocycles. The van der Waals surface area contributed by atoms with Crippen molar-refractivity contribution in [1.29, 1.82) is 0 Å². The summed E-state index contributed by atoms with van der Waals surface area (Å²) in [6.45, 7) is 6.25. The number of hydrogen-bond donors (Lipinski definition) is 1. The van der Waals surface area contributed by atoms with Gasteiger partial charge in [-0.1, -0.05) is 24.3 Å². The van der Waals surface area contributed by atoms with Crippen molar-refractivity contribution in [2.24, 2.45) is 11.3 Å². The SMILES string of the molecule is C=C1C[C@H]2C=C[C@]1(CCNC1CCCCO1)C2. The second-order valence-electron chi connectivity index (χ2n) is 5.85. The monoisotopic (exact) mass is 233 g/mol. The summed E-state index contributed by atoms with van der Waals surface area (Å²) in [4.78, 5) is 0. The van der Waals surface area contributed by atoms with Crippen molar-refractivity contribution in [3.05, 3.63) is 24.3 Å². The molecule has 1 aliphatic heterocycles. The Kier molecular flexibility index (Phi) is 3.10. The topological polar surface area (TPSA) is 21.3 Å². The van der Waals surface area contributed by atoms with E-state index in [1.807, 2.05) is 0 Å². The second-order valence-corrected chi connectivity index (χ2v) is 5.85. The minimum absolute atomic E-state index is 0.302. The van der Waals surface area contributed by atoms with E-state index in [1.54, 1.807) is 0 Å². The Morgan fingerprint density at radius 1 is 1.47 bits per heavy atom. The Morgan fingerprint density at radius 2 is 2.41 bits per heavy atom. The third-order valence-corrected chi connectivity index (χ3v) is 4.65. The number of rotatable bonds is 4. The molecule has 94 valence electrons. The van der Waals surface area contributed by atoms with E-state index in [2.05, 4.69) is 24.0 Å². The molecule has 1 saturated carbocycles. The number of allylic oxidation sites excluding steroid dienone is 3. The molecular weight excluding hydrogens is 210 g/mol. The Bertz CT molecular complexity index is 330. The van der Waals surface area contributed by atoms with Crippen LogP contribution >= 0.6 is 0 Å². The van der Waals surface area contributed by atoms with Crippen molar-refractivity contribution in [2.75, 3.05) is 13.2 Å². The molecule has 0 spiro atoms. The van der Waals surface area contributed by atoms with Gasteiger partial charge in [-0.3, -0.25) is 5.32 Å². The van der Waals surface area contributed by atoms with E-state index in [9.17, 15) is 0 Å². The predicted molar refractivity (Wildman–Crippen MR) is 69.6 cm³/mol. The van der Waals surface area contributed by atoms with Gasteiger partial charge >= 0.3 is 0 Å². The zero-order valence-electron chi connectivity index (χ0n) is 10.6. The largest absolute Gasteiger partial charge is 0.363 e. The van der Waals surface area contributed by atoms with Crippen molar-refractivity contribution in [2.45, 2.75) is 44.8 Å². The summed E-state index contributed by atoms with van der Waals surface area (Å²) in [5.74, 6) is 0.786. The first-order valence-electron chi connectivity index (χ1n) is 7.01. The Balaban J connectivity index is 1.48. The van der Waals surface area contributed by atoms with Crippen LogP contribution in [0.1, 0.15) is 38.5 Å². The van der Waals surface area contributed by atoms with Gasteiger partial charge in [-0.2, -0.15) is 0 Å². The van der Waals surface area contributed by atoms with Crippen LogP contribution in [-0.2, 0) is 4.74 Å².